The molecular formula is C32H19N5. The van der Waals surface area contributed by atoms with Crippen LogP contribution in [-0.2, 0) is 0 Å². The molecule has 0 aliphatic rings. The molecule has 0 N–H and O–H groups in total. The predicted molar refractivity (Wildman–Crippen MR) is 143 cm³/mol. The minimum Gasteiger partial charge on any atom is -0.232 e. The van der Waals surface area contributed by atoms with Crippen LogP contribution in [0.3, 0.4) is 0 Å². The maximum absolute atomic E-state index is 9.90. The number of nitriles is 3. The normalized spacial score (nSPS) is 10.1. The van der Waals surface area contributed by atoms with Crippen molar-refractivity contribution in [3.8, 4) is 46.4 Å². The monoisotopic (exact) mass is 473 g/mol. The Kier molecular flexibility index (Phi) is 6.41. The van der Waals surface area contributed by atoms with Crippen molar-refractivity contribution in [3.05, 3.63) is 131 Å². The molecule has 0 fully saturated rings. The highest BCUT2D eigenvalue weighted by Crippen LogP contribution is 2.29. The lowest BCUT2D eigenvalue weighted by Crippen LogP contribution is -2.12. The van der Waals surface area contributed by atoms with Gasteiger partial charge in [-0.2, -0.15) is 20.9 Å². The molecule has 172 valence electrons. The first-order chi connectivity index (χ1) is 18.2. The van der Waals surface area contributed by atoms with Gasteiger partial charge < -0.3 is 0 Å². The van der Waals surface area contributed by atoms with Crippen molar-refractivity contribution in [2.24, 2.45) is 0 Å². The van der Waals surface area contributed by atoms with Crippen molar-refractivity contribution in [2.75, 3.05) is 0 Å². The molecular weight excluding hydrogens is 454 g/mol. The third-order valence-electron chi connectivity index (χ3n) is 6.05. The summed E-state index contributed by atoms with van der Waals surface area (Å²) in [5.41, 5.74) is 6.11. The first kappa shape index (κ1) is 23.1. The minimum atomic E-state index is 0.0396. The van der Waals surface area contributed by atoms with E-state index >= 15 is 0 Å². The van der Waals surface area contributed by atoms with Crippen molar-refractivity contribution < 1.29 is 0 Å². The van der Waals surface area contributed by atoms with Crippen LogP contribution in [0.1, 0.15) is 5.56 Å². The van der Waals surface area contributed by atoms with Crippen LogP contribution < -0.4 is 10.4 Å². The summed E-state index contributed by atoms with van der Waals surface area (Å²) >= 11 is 0. The second-order valence-electron chi connectivity index (χ2n) is 8.27. The second kappa shape index (κ2) is 10.3. The molecule has 5 rings (SSSR count). The molecule has 5 nitrogen and oxygen atoms in total. The van der Waals surface area contributed by atoms with E-state index in [1.165, 1.54) is 0 Å². The number of hydrogen-bond donors (Lipinski definition) is 0. The largest absolute Gasteiger partial charge is 0.232 e. The highest BCUT2D eigenvalue weighted by molar-refractivity contribution is 5.78. The molecule has 37 heavy (non-hydrogen) atoms. The van der Waals surface area contributed by atoms with Crippen molar-refractivity contribution in [2.45, 2.75) is 0 Å². The minimum absolute atomic E-state index is 0.0396. The highest BCUT2D eigenvalue weighted by Gasteiger charge is 2.13. The molecule has 0 radical (unpaired) electrons. The van der Waals surface area contributed by atoms with Gasteiger partial charge in [-0.05, 0) is 29.0 Å². The Hall–Kier alpha value is -5.70. The van der Waals surface area contributed by atoms with E-state index < -0.39 is 0 Å². The van der Waals surface area contributed by atoms with Crippen LogP contribution in [0.5, 0.6) is 0 Å². The van der Waals surface area contributed by atoms with E-state index in [9.17, 15) is 5.26 Å². The van der Waals surface area contributed by atoms with E-state index in [2.05, 4.69) is 24.3 Å². The molecule has 0 aliphatic heterocycles. The van der Waals surface area contributed by atoms with Gasteiger partial charge in [-0.1, -0.05) is 97.1 Å². The van der Waals surface area contributed by atoms with E-state index in [4.69, 9.17) is 15.6 Å². The van der Waals surface area contributed by atoms with Crippen molar-refractivity contribution in [1.82, 2.24) is 9.78 Å². The van der Waals surface area contributed by atoms with Gasteiger partial charge in [0.2, 0.25) is 0 Å². The Morgan fingerprint density at radius 3 is 1.73 bits per heavy atom. The van der Waals surface area contributed by atoms with Crippen LogP contribution in [0, 0.1) is 34.0 Å². The van der Waals surface area contributed by atoms with E-state index in [0.717, 1.165) is 33.8 Å². The highest BCUT2D eigenvalue weighted by atomic mass is 15.3. The molecule has 0 unspecified atom stereocenters. The summed E-state index contributed by atoms with van der Waals surface area (Å²) in [7, 11) is 0. The average Bonchev–Trinajstić information content (AvgIpc) is 3.42. The Morgan fingerprint density at radius 1 is 0.595 bits per heavy atom. The fourth-order valence-electron chi connectivity index (χ4n) is 4.17. The lowest BCUT2D eigenvalue weighted by molar-refractivity contribution is 0.892. The van der Waals surface area contributed by atoms with Gasteiger partial charge >= 0.3 is 0 Å². The fourth-order valence-corrected chi connectivity index (χ4v) is 4.17. The van der Waals surface area contributed by atoms with Gasteiger partial charge in [0, 0.05) is 16.3 Å². The number of rotatable bonds is 4. The summed E-state index contributed by atoms with van der Waals surface area (Å²) in [4.78, 5) is 0. The Morgan fingerprint density at radius 2 is 1.16 bits per heavy atom. The Balaban J connectivity index is 1.59. The van der Waals surface area contributed by atoms with Gasteiger partial charge in [-0.25, -0.2) is 4.68 Å². The standard InChI is InChI=1S/C32H19N5/c33-20-28(21-34)23-11-13-24(14-12-23)30(22-35)25-15-17-29(18-16-25)37-32(27-9-5-2-6-10-27)19-31(36-37)26-7-3-1-4-8-26/h1-19H. The SMILES string of the molecule is N#CC(C#N)=c1ccc(=C(C#N)c2ccc(-n3nc(-c4ccccc4)cc3-c3ccccc3)cc2)cc1. The van der Waals surface area contributed by atoms with Crippen molar-refractivity contribution >= 4 is 11.1 Å². The quantitative estimate of drug-likeness (QED) is 0.362. The molecule has 5 aromatic rings. The average molecular weight is 474 g/mol. The number of benzene rings is 4. The Labute approximate surface area is 214 Å². The molecule has 0 saturated carbocycles. The summed E-state index contributed by atoms with van der Waals surface area (Å²) in [5.74, 6) is 0. The maximum Gasteiger partial charge on any atom is 0.136 e. The topological polar surface area (TPSA) is 89.2 Å². The zero-order chi connectivity index (χ0) is 25.6. The Bertz CT molecular complexity index is 1790. The first-order valence-corrected chi connectivity index (χ1v) is 11.6. The summed E-state index contributed by atoms with van der Waals surface area (Å²) < 4.78 is 1.92. The molecule has 1 heterocycles. The number of hydrogen-bond acceptors (Lipinski definition) is 4. The molecule has 0 atom stereocenters. The van der Waals surface area contributed by atoms with Crippen LogP contribution in [0.4, 0.5) is 0 Å². The summed E-state index contributed by atoms with van der Waals surface area (Å²) in [6, 6.07) is 42.9. The maximum atomic E-state index is 9.90. The van der Waals surface area contributed by atoms with Gasteiger partial charge in [0.1, 0.15) is 23.8 Å². The van der Waals surface area contributed by atoms with Crippen LogP contribution in [0.15, 0.2) is 115 Å². The van der Waals surface area contributed by atoms with Crippen molar-refractivity contribution in [1.29, 1.82) is 15.8 Å². The second-order valence-corrected chi connectivity index (χ2v) is 8.27. The molecule has 5 heteroatoms. The molecule has 0 aliphatic carbocycles. The van der Waals surface area contributed by atoms with Crippen LogP contribution >= 0.6 is 0 Å². The molecule has 0 amide bonds. The first-order valence-electron chi connectivity index (χ1n) is 11.6. The smallest absolute Gasteiger partial charge is 0.136 e. The molecule has 1 aromatic heterocycles. The van der Waals surface area contributed by atoms with E-state index in [1.807, 2.05) is 89.6 Å². The van der Waals surface area contributed by atoms with Gasteiger partial charge in [0.15, 0.2) is 0 Å². The third-order valence-corrected chi connectivity index (χ3v) is 6.05. The van der Waals surface area contributed by atoms with Gasteiger partial charge in [-0.15, -0.1) is 0 Å². The molecule has 0 spiro atoms. The van der Waals surface area contributed by atoms with E-state index in [1.54, 1.807) is 24.3 Å². The van der Waals surface area contributed by atoms with Crippen LogP contribution in [-0.4, -0.2) is 9.78 Å². The predicted octanol–water partition coefficient (Wildman–Crippen LogP) is 5.13. The van der Waals surface area contributed by atoms with Crippen LogP contribution in [0.25, 0.3) is 39.3 Å². The summed E-state index contributed by atoms with van der Waals surface area (Å²) in [5, 5.41) is 34.2. The summed E-state index contributed by atoms with van der Waals surface area (Å²) in [6.45, 7) is 0. The zero-order valence-electron chi connectivity index (χ0n) is 19.7. The third kappa shape index (κ3) is 4.64. The van der Waals surface area contributed by atoms with Gasteiger partial charge in [0.05, 0.1) is 22.6 Å². The lowest BCUT2D eigenvalue weighted by Gasteiger charge is -2.09. The van der Waals surface area contributed by atoms with Crippen molar-refractivity contribution in [3.63, 3.8) is 0 Å². The van der Waals surface area contributed by atoms with E-state index in [0.29, 0.717) is 16.0 Å². The number of aromatic nitrogens is 2. The molecule has 0 saturated heterocycles. The fraction of sp³-hybridized carbons (Fsp3) is 0. The molecule has 0 bridgehead atoms. The number of nitrogens with zero attached hydrogens (tertiary/aromatic N) is 5. The zero-order valence-corrected chi connectivity index (χ0v) is 19.7. The molecule has 4 aromatic carbocycles. The summed E-state index contributed by atoms with van der Waals surface area (Å²) in [6.07, 6.45) is 0. The van der Waals surface area contributed by atoms with Gasteiger partial charge in [0.25, 0.3) is 0 Å². The lowest BCUT2D eigenvalue weighted by atomic mass is 10.0. The van der Waals surface area contributed by atoms with E-state index in [-0.39, 0.29) is 5.57 Å². The van der Waals surface area contributed by atoms with Gasteiger partial charge in [-0.3, -0.25) is 0 Å². The van der Waals surface area contributed by atoms with Crippen LogP contribution in [0.2, 0.25) is 0 Å².